The normalized spacial score (nSPS) is 30.8. The van der Waals surface area contributed by atoms with Crippen molar-refractivity contribution in [2.45, 2.75) is 55.0 Å². The number of nitrogens with two attached hydrogens (primary N) is 3. The molecule has 7 heterocycles. The SMILES string of the molecule is [B][P@]1(=O)OC[C@H]2O[C@@H](n3cnc4c(N)ncnc43)[C@H](F)[C@@H]2OP(=O)(SCc2ccc(OCCOCCOCCN)cc2)OC[C@H]2O[C@@H](n3cnc4c(N)ncnc43)[C@H](F)[C@@H]2O1. The number of alkyl halides is 2. The van der Waals surface area contributed by atoms with Crippen LogP contribution in [0.2, 0.25) is 0 Å². The highest BCUT2D eigenvalue weighted by atomic mass is 32.7. The molecule has 0 spiro atoms. The van der Waals surface area contributed by atoms with Crippen LogP contribution in [0.3, 0.4) is 0 Å². The Morgan fingerprint density at radius 3 is 1.89 bits per heavy atom. The van der Waals surface area contributed by atoms with Crippen molar-refractivity contribution in [1.82, 2.24) is 39.0 Å². The zero-order chi connectivity index (χ0) is 42.7. The van der Waals surface area contributed by atoms with Crippen LogP contribution in [0.5, 0.6) is 5.75 Å². The highest BCUT2D eigenvalue weighted by Gasteiger charge is 2.54. The van der Waals surface area contributed by atoms with Gasteiger partial charge in [0.05, 0.1) is 52.3 Å². The predicted octanol–water partition coefficient (Wildman–Crippen LogP) is 2.81. The van der Waals surface area contributed by atoms with Crippen molar-refractivity contribution in [2.75, 3.05) is 64.3 Å². The molecule has 1 unspecified atom stereocenters. The van der Waals surface area contributed by atoms with Crippen LogP contribution in [0.4, 0.5) is 20.4 Å². The molecule has 22 nitrogen and oxygen atoms in total. The van der Waals surface area contributed by atoms with E-state index >= 15 is 8.78 Å². The molecule has 2 radical (unpaired) electrons. The number of hydrogen-bond donors (Lipinski definition) is 3. The molecular weight excluding hydrogens is 869 g/mol. The van der Waals surface area contributed by atoms with Crippen molar-refractivity contribution in [3.8, 4) is 5.75 Å². The van der Waals surface area contributed by atoms with Crippen LogP contribution in [-0.2, 0) is 51.9 Å². The Morgan fingerprint density at radius 2 is 1.30 bits per heavy atom. The number of halogens is 2. The average molecular weight is 910 g/mol. The number of fused-ring (bicyclic) bond motifs is 4. The molecule has 0 aliphatic carbocycles. The van der Waals surface area contributed by atoms with Gasteiger partial charge in [-0.15, -0.1) is 0 Å². The molecule has 4 aromatic heterocycles. The number of nitrogens with zero attached hydrogens (tertiary/aromatic N) is 8. The van der Waals surface area contributed by atoms with Crippen LogP contribution >= 0.6 is 25.7 Å². The highest BCUT2D eigenvalue weighted by Crippen LogP contribution is 2.65. The fraction of sp³-hybridized carbons (Fsp3) is 0.515. The summed E-state index contributed by atoms with van der Waals surface area (Å²) in [6.45, 7) is -3.56. The fourth-order valence-electron chi connectivity index (χ4n) is 6.72. The quantitative estimate of drug-likeness (QED) is 0.0820. The molecule has 0 amide bonds. The maximum atomic E-state index is 16.8. The van der Waals surface area contributed by atoms with Gasteiger partial charge in [0, 0.05) is 12.3 Å². The molecule has 3 aliphatic rings. The molecule has 3 fully saturated rings. The van der Waals surface area contributed by atoms with E-state index in [4.69, 9.17) is 66.5 Å². The molecule has 0 saturated carbocycles. The summed E-state index contributed by atoms with van der Waals surface area (Å²) in [6, 6.07) is 6.90. The summed E-state index contributed by atoms with van der Waals surface area (Å²) in [7, 11) is 1.33. The first-order valence-corrected chi connectivity index (χ1v) is 23.5. The number of nitrogen functional groups attached to an aromatic ring is 2. The van der Waals surface area contributed by atoms with Crippen molar-refractivity contribution < 1.29 is 59.7 Å². The molecule has 3 aliphatic heterocycles. The molecule has 28 heteroatoms. The number of aromatic nitrogens is 8. The number of ether oxygens (including phenoxy) is 5. The van der Waals surface area contributed by atoms with Crippen molar-refractivity contribution >= 4 is 67.2 Å². The molecule has 1 aromatic carbocycles. The summed E-state index contributed by atoms with van der Waals surface area (Å²) >= 11 is 0.728. The Labute approximate surface area is 351 Å². The third-order valence-electron chi connectivity index (χ3n) is 9.63. The first kappa shape index (κ1) is 43.7. The second kappa shape index (κ2) is 18.8. The molecule has 6 N–H and O–H groups in total. The van der Waals surface area contributed by atoms with Crippen molar-refractivity contribution in [3.63, 3.8) is 0 Å². The number of imidazole rings is 2. The monoisotopic (exact) mass is 909 g/mol. The van der Waals surface area contributed by atoms with Crippen molar-refractivity contribution in [2.24, 2.45) is 5.73 Å². The highest BCUT2D eigenvalue weighted by molar-refractivity contribution is 8.54. The van der Waals surface area contributed by atoms with Gasteiger partial charge in [-0.25, -0.2) is 43.2 Å². The third-order valence-corrected chi connectivity index (χ3v) is 14.3. The summed E-state index contributed by atoms with van der Waals surface area (Å²) in [5.41, 5.74) is 18.5. The molecule has 3 saturated heterocycles. The Balaban J connectivity index is 1.03. The van der Waals surface area contributed by atoms with Gasteiger partial charge in [0.2, 0.25) is 7.57 Å². The van der Waals surface area contributed by atoms with Crippen LogP contribution < -0.4 is 21.9 Å². The van der Waals surface area contributed by atoms with E-state index in [-0.39, 0.29) is 46.3 Å². The molecule has 326 valence electrons. The summed E-state index contributed by atoms with van der Waals surface area (Å²) in [4.78, 5) is 24.5. The summed E-state index contributed by atoms with van der Waals surface area (Å²) in [5.74, 6) is 0.648. The van der Waals surface area contributed by atoms with Crippen molar-refractivity contribution in [3.05, 3.63) is 55.1 Å². The van der Waals surface area contributed by atoms with Crippen LogP contribution in [0.15, 0.2) is 49.6 Å². The topological polar surface area (TPSA) is 282 Å². The second-order valence-corrected chi connectivity index (χ2v) is 19.3. The molecule has 61 heavy (non-hydrogen) atoms. The van der Waals surface area contributed by atoms with E-state index in [1.807, 2.05) is 0 Å². The summed E-state index contributed by atoms with van der Waals surface area (Å²) < 4.78 is 116. The van der Waals surface area contributed by atoms with E-state index in [9.17, 15) is 9.13 Å². The molecule has 10 atom stereocenters. The van der Waals surface area contributed by atoms with Gasteiger partial charge < -0.3 is 49.9 Å². The lowest BCUT2D eigenvalue weighted by Crippen LogP contribution is -2.37. The average Bonchev–Trinajstić information content (AvgIpc) is 4.02. The lowest BCUT2D eigenvalue weighted by atomic mass is 10.1. The minimum absolute atomic E-state index is 0.0287. The maximum absolute atomic E-state index is 16.8. The lowest BCUT2D eigenvalue weighted by Gasteiger charge is -2.30. The number of anilines is 2. The standard InChI is InChI=1S/C33H40BF2N11O11P2S/c34-59(48)53-11-20-27(23(36)33(55-20)47-17-45-25-29(39)41-15-43-31(25)47)58-60(49,61-13-18-1-3-19(4-2-18)52-10-9-51-8-7-50-6-5-37)54-12-21-26(57-59)22(35)32(56-21)46-16-44-24-28(38)40-14-42-30(24)46/h1-4,14-17,20-23,26-27,32-33H,5-13,37H2,(H2,38,40,42)(H2,39,41,43)/t20-,21-,22-,23-,26-,27-,32-,33-,59+,60?/m1/s1. The third kappa shape index (κ3) is 9.70. The van der Waals surface area contributed by atoms with Crippen LogP contribution in [0.1, 0.15) is 18.0 Å². The van der Waals surface area contributed by atoms with Crippen LogP contribution in [0.25, 0.3) is 22.3 Å². The first-order chi connectivity index (χ1) is 29.4. The maximum Gasteiger partial charge on any atom is 0.389 e. The minimum atomic E-state index is -4.67. The van der Waals surface area contributed by atoms with Gasteiger partial charge in [-0.3, -0.25) is 22.7 Å². The van der Waals surface area contributed by atoms with Gasteiger partial charge in [0.25, 0.3) is 7.47 Å². The van der Waals surface area contributed by atoms with Gasteiger partial charge in [-0.2, -0.15) is 0 Å². The van der Waals surface area contributed by atoms with Gasteiger partial charge in [-0.1, -0.05) is 12.1 Å². The first-order valence-electron chi connectivity index (χ1n) is 18.7. The van der Waals surface area contributed by atoms with E-state index in [2.05, 4.69) is 29.9 Å². The van der Waals surface area contributed by atoms with Crippen molar-refractivity contribution in [1.29, 1.82) is 0 Å². The minimum Gasteiger partial charge on any atom is -0.491 e. The van der Waals surface area contributed by atoms with Gasteiger partial charge in [-0.05, 0) is 29.1 Å². The van der Waals surface area contributed by atoms with Gasteiger partial charge >= 0.3 is 6.80 Å². The van der Waals surface area contributed by atoms with E-state index in [1.165, 1.54) is 28.1 Å². The number of benzene rings is 1. The van der Waals surface area contributed by atoms with Gasteiger partial charge in [0.15, 0.2) is 47.7 Å². The fourth-order valence-corrected chi connectivity index (χ4v) is 11.1. The Hall–Kier alpha value is -3.91. The largest absolute Gasteiger partial charge is 0.491 e. The molecule has 5 aromatic rings. The smallest absolute Gasteiger partial charge is 0.389 e. The predicted molar refractivity (Wildman–Crippen MR) is 214 cm³/mol. The zero-order valence-electron chi connectivity index (χ0n) is 32.0. The Kier molecular flexibility index (Phi) is 13.5. The molecule has 0 bridgehead atoms. The van der Waals surface area contributed by atoms with E-state index in [0.717, 1.165) is 17.7 Å². The lowest BCUT2D eigenvalue weighted by molar-refractivity contribution is -0.0546. The summed E-state index contributed by atoms with van der Waals surface area (Å²) in [5, 5.41) is 0. The van der Waals surface area contributed by atoms with E-state index < -0.39 is 76.7 Å². The summed E-state index contributed by atoms with van der Waals surface area (Å²) in [6.07, 6.45) is -8.65. The Bertz CT molecular complexity index is 2400. The molecular formula is C33H40BF2N11O11P2S. The van der Waals surface area contributed by atoms with E-state index in [1.54, 1.807) is 24.3 Å². The van der Waals surface area contributed by atoms with E-state index in [0.29, 0.717) is 44.3 Å². The van der Waals surface area contributed by atoms with Gasteiger partial charge in [0.1, 0.15) is 60.5 Å². The number of rotatable bonds is 14. The number of hydrogen-bond acceptors (Lipinski definition) is 21. The Morgan fingerprint density at radius 1 is 0.754 bits per heavy atom. The van der Waals surface area contributed by atoms with Crippen LogP contribution in [-0.4, -0.2) is 136 Å². The zero-order valence-corrected chi connectivity index (χ0v) is 34.6. The van der Waals surface area contributed by atoms with Crippen LogP contribution in [0, 0.1) is 0 Å². The molecule has 8 rings (SSSR count). The second-order valence-electron chi connectivity index (χ2n) is 13.7.